The van der Waals surface area contributed by atoms with E-state index in [-0.39, 0.29) is 29.3 Å². The third-order valence-electron chi connectivity index (χ3n) is 5.42. The first-order valence-electron chi connectivity index (χ1n) is 10.1. The van der Waals surface area contributed by atoms with Crippen molar-refractivity contribution in [3.63, 3.8) is 0 Å². The zero-order chi connectivity index (χ0) is 18.0. The van der Waals surface area contributed by atoms with E-state index in [0.29, 0.717) is 12.8 Å². The molecule has 1 aliphatic rings. The minimum atomic E-state index is 0.127. The minimum Gasteiger partial charge on any atom is -0.353 e. The van der Waals surface area contributed by atoms with Crippen molar-refractivity contribution < 1.29 is 9.59 Å². The highest BCUT2D eigenvalue weighted by Gasteiger charge is 2.40. The van der Waals surface area contributed by atoms with E-state index >= 15 is 0 Å². The van der Waals surface area contributed by atoms with Crippen molar-refractivity contribution in [1.82, 2.24) is 10.6 Å². The zero-order valence-corrected chi connectivity index (χ0v) is 16.2. The Balaban J connectivity index is 2.90. The Morgan fingerprint density at radius 1 is 0.833 bits per heavy atom. The highest BCUT2D eigenvalue weighted by Crippen LogP contribution is 2.44. The predicted molar refractivity (Wildman–Crippen MR) is 99.8 cm³/mol. The van der Waals surface area contributed by atoms with Crippen molar-refractivity contribution in [3.05, 3.63) is 0 Å². The Labute approximate surface area is 148 Å². The molecule has 0 aromatic carbocycles. The topological polar surface area (TPSA) is 58.2 Å². The third-order valence-corrected chi connectivity index (χ3v) is 5.42. The van der Waals surface area contributed by atoms with E-state index in [1.54, 1.807) is 0 Å². The summed E-state index contributed by atoms with van der Waals surface area (Å²) in [5, 5.41) is 6.41. The lowest BCUT2D eigenvalue weighted by atomic mass is 9.65. The molecule has 2 atom stereocenters. The smallest absolute Gasteiger partial charge is 0.219 e. The Morgan fingerprint density at radius 2 is 1.25 bits per heavy atom. The molecule has 0 aliphatic heterocycles. The molecule has 1 aliphatic carbocycles. The molecule has 140 valence electrons. The van der Waals surface area contributed by atoms with Gasteiger partial charge < -0.3 is 10.6 Å². The zero-order valence-electron chi connectivity index (χ0n) is 16.2. The van der Waals surface area contributed by atoms with Gasteiger partial charge in [-0.05, 0) is 37.5 Å². The van der Waals surface area contributed by atoms with E-state index in [1.165, 1.54) is 38.5 Å². The monoisotopic (exact) mass is 338 g/mol. The number of carbonyl (C=O) groups excluding carboxylic acids is 2. The van der Waals surface area contributed by atoms with Gasteiger partial charge in [0.2, 0.25) is 11.8 Å². The molecule has 4 nitrogen and oxygen atoms in total. The van der Waals surface area contributed by atoms with E-state index in [4.69, 9.17) is 0 Å². The maximum absolute atomic E-state index is 11.9. The van der Waals surface area contributed by atoms with Gasteiger partial charge in [-0.25, -0.2) is 0 Å². The van der Waals surface area contributed by atoms with Crippen LogP contribution in [-0.4, -0.2) is 23.9 Å². The fraction of sp³-hybridized carbons (Fsp3) is 0.900. The quantitative estimate of drug-likeness (QED) is 0.623. The van der Waals surface area contributed by atoms with Crippen molar-refractivity contribution in [2.45, 2.75) is 110 Å². The van der Waals surface area contributed by atoms with E-state index < -0.39 is 0 Å². The Kier molecular flexibility index (Phi) is 9.38. The molecular formula is C20H38N2O2. The number of nitrogens with one attached hydrogen (secondary N) is 2. The van der Waals surface area contributed by atoms with Crippen LogP contribution < -0.4 is 10.6 Å². The van der Waals surface area contributed by atoms with Gasteiger partial charge >= 0.3 is 0 Å². The largest absolute Gasteiger partial charge is 0.353 e. The summed E-state index contributed by atoms with van der Waals surface area (Å²) in [4.78, 5) is 23.8. The summed E-state index contributed by atoms with van der Waals surface area (Å²) < 4.78 is 0. The fourth-order valence-electron chi connectivity index (χ4n) is 4.16. The number of carbonyl (C=O) groups is 2. The van der Waals surface area contributed by atoms with Crippen LogP contribution in [0.15, 0.2) is 0 Å². The summed E-state index contributed by atoms with van der Waals surface area (Å²) in [6, 6.07) is 0.393. The van der Waals surface area contributed by atoms with Gasteiger partial charge in [-0.3, -0.25) is 9.59 Å². The molecule has 0 aromatic heterocycles. The molecule has 0 saturated heterocycles. The summed E-state index contributed by atoms with van der Waals surface area (Å²) in [5.74, 6) is 0.254. The molecule has 4 heteroatoms. The number of amides is 2. The highest BCUT2D eigenvalue weighted by atomic mass is 16.2. The second-order valence-electron chi connectivity index (χ2n) is 7.59. The minimum absolute atomic E-state index is 0.127. The van der Waals surface area contributed by atoms with Crippen molar-refractivity contribution >= 4 is 11.8 Å². The van der Waals surface area contributed by atoms with Crippen molar-refractivity contribution in [2.24, 2.45) is 5.41 Å². The van der Waals surface area contributed by atoms with Gasteiger partial charge in [0.15, 0.2) is 0 Å². The summed E-state index contributed by atoms with van der Waals surface area (Å²) in [6.45, 7) is 8.28. The average Bonchev–Trinajstić information content (AvgIpc) is 2.57. The lowest BCUT2D eigenvalue weighted by Gasteiger charge is -2.45. The van der Waals surface area contributed by atoms with Crippen LogP contribution in [0.5, 0.6) is 0 Å². The van der Waals surface area contributed by atoms with Crippen LogP contribution in [0.4, 0.5) is 0 Å². The van der Waals surface area contributed by atoms with Crippen LogP contribution in [0.25, 0.3) is 0 Å². The van der Waals surface area contributed by atoms with Crippen LogP contribution in [0.3, 0.4) is 0 Å². The first-order valence-corrected chi connectivity index (χ1v) is 10.1. The lowest BCUT2D eigenvalue weighted by Crippen LogP contribution is -2.51. The second-order valence-corrected chi connectivity index (χ2v) is 7.59. The third kappa shape index (κ3) is 6.82. The van der Waals surface area contributed by atoms with Gasteiger partial charge in [0.1, 0.15) is 0 Å². The lowest BCUT2D eigenvalue weighted by molar-refractivity contribution is -0.122. The Morgan fingerprint density at radius 3 is 1.58 bits per heavy atom. The Bertz CT molecular complexity index is 359. The number of unbranched alkanes of at least 4 members (excludes halogenated alkanes) is 2. The van der Waals surface area contributed by atoms with Gasteiger partial charge in [0.25, 0.3) is 0 Å². The Hall–Kier alpha value is -1.06. The van der Waals surface area contributed by atoms with Gasteiger partial charge in [-0.1, -0.05) is 53.4 Å². The molecule has 1 saturated carbocycles. The average molecular weight is 339 g/mol. The van der Waals surface area contributed by atoms with Crippen LogP contribution >= 0.6 is 0 Å². The molecule has 2 amide bonds. The number of hydrogen-bond acceptors (Lipinski definition) is 2. The molecular weight excluding hydrogens is 300 g/mol. The molecule has 0 radical (unpaired) electrons. The molecule has 2 unspecified atom stereocenters. The van der Waals surface area contributed by atoms with Crippen LogP contribution in [-0.2, 0) is 9.59 Å². The van der Waals surface area contributed by atoms with Crippen molar-refractivity contribution in [3.8, 4) is 0 Å². The van der Waals surface area contributed by atoms with Crippen molar-refractivity contribution in [2.75, 3.05) is 0 Å². The molecule has 0 spiro atoms. The highest BCUT2D eigenvalue weighted by molar-refractivity contribution is 5.76. The predicted octanol–water partition coefficient (Wildman–Crippen LogP) is 4.33. The van der Waals surface area contributed by atoms with E-state index in [1.807, 2.05) is 13.8 Å². The SMILES string of the molecule is CCCCC1(CCCC)CC(NC(=O)CC)CC(NC(=O)CC)C1. The van der Waals surface area contributed by atoms with Crippen LogP contribution in [0, 0.1) is 5.41 Å². The molecule has 0 aromatic rings. The maximum atomic E-state index is 11.9. The van der Waals surface area contributed by atoms with E-state index in [9.17, 15) is 9.59 Å². The second kappa shape index (κ2) is 10.7. The molecule has 0 bridgehead atoms. The van der Waals surface area contributed by atoms with Crippen LogP contribution in [0.1, 0.15) is 98.3 Å². The summed E-state index contributed by atoms with van der Waals surface area (Å²) >= 11 is 0. The standard InChI is InChI=1S/C20H38N2O2/c1-5-9-11-20(12-10-6-2)14-16(21-18(23)7-3)13-17(15-20)22-19(24)8-4/h16-17H,5-15H2,1-4H3,(H,21,23)(H,22,24). The van der Waals surface area contributed by atoms with E-state index in [0.717, 1.165) is 19.3 Å². The fourth-order valence-corrected chi connectivity index (χ4v) is 4.16. The molecule has 0 heterocycles. The molecule has 1 rings (SSSR count). The maximum Gasteiger partial charge on any atom is 0.219 e. The normalized spacial score (nSPS) is 22.8. The van der Waals surface area contributed by atoms with Gasteiger partial charge in [-0.2, -0.15) is 0 Å². The van der Waals surface area contributed by atoms with Crippen LogP contribution in [0.2, 0.25) is 0 Å². The van der Waals surface area contributed by atoms with Crippen molar-refractivity contribution in [1.29, 1.82) is 0 Å². The first kappa shape index (κ1) is 21.0. The van der Waals surface area contributed by atoms with Gasteiger partial charge in [-0.15, -0.1) is 0 Å². The molecule has 2 N–H and O–H groups in total. The van der Waals surface area contributed by atoms with Gasteiger partial charge in [0.05, 0.1) is 0 Å². The molecule has 1 fully saturated rings. The molecule has 24 heavy (non-hydrogen) atoms. The summed E-state index contributed by atoms with van der Waals surface area (Å²) in [6.07, 6.45) is 11.3. The summed E-state index contributed by atoms with van der Waals surface area (Å²) in [5.41, 5.74) is 0.266. The van der Waals surface area contributed by atoms with E-state index in [2.05, 4.69) is 24.5 Å². The number of rotatable bonds is 10. The summed E-state index contributed by atoms with van der Waals surface area (Å²) in [7, 11) is 0. The first-order chi connectivity index (χ1) is 11.5. The number of hydrogen-bond donors (Lipinski definition) is 2. The van der Waals surface area contributed by atoms with Gasteiger partial charge in [0, 0.05) is 24.9 Å².